The molecule has 2 atom stereocenters. The molecule has 0 aliphatic carbocycles. The summed E-state index contributed by atoms with van der Waals surface area (Å²) in [4.78, 5) is 17.5. The molecule has 2 aromatic rings. The van der Waals surface area contributed by atoms with Crippen LogP contribution in [0, 0.1) is 13.8 Å². The lowest BCUT2D eigenvalue weighted by molar-refractivity contribution is 0.154. The van der Waals surface area contributed by atoms with Crippen LogP contribution in [0.1, 0.15) is 40.6 Å². The number of carbonyl (C=O) groups excluding carboxylic acids is 1. The van der Waals surface area contributed by atoms with E-state index < -0.39 is 6.10 Å². The third kappa shape index (κ3) is 5.62. The third-order valence-electron chi connectivity index (χ3n) is 3.78. The number of hydrogen-bond acceptors (Lipinski definition) is 4. The van der Waals surface area contributed by atoms with Gasteiger partial charge in [0.05, 0.1) is 16.8 Å². The van der Waals surface area contributed by atoms with E-state index in [9.17, 15) is 9.90 Å². The summed E-state index contributed by atoms with van der Waals surface area (Å²) in [7, 11) is 0. The van der Waals surface area contributed by atoms with Gasteiger partial charge in [-0.15, -0.1) is 11.3 Å². The highest BCUT2D eigenvalue weighted by atomic mass is 32.1. The predicted octanol–water partition coefficient (Wildman–Crippen LogP) is 3.11. The molecule has 5 nitrogen and oxygen atoms in total. The lowest BCUT2D eigenvalue weighted by Gasteiger charge is -2.18. The van der Waals surface area contributed by atoms with Crippen molar-refractivity contribution in [3.05, 3.63) is 51.5 Å². The first-order valence-corrected chi connectivity index (χ1v) is 8.97. The fraction of sp³-hybridized carbons (Fsp3) is 0.444. The van der Waals surface area contributed by atoms with Crippen LogP contribution in [0.25, 0.3) is 0 Å². The number of nitrogens with zero attached hydrogens (tertiary/aromatic N) is 1. The molecule has 1 aromatic heterocycles. The summed E-state index contributed by atoms with van der Waals surface area (Å²) in [6.45, 7) is 6.44. The van der Waals surface area contributed by atoms with Crippen LogP contribution in [0.3, 0.4) is 0 Å². The van der Waals surface area contributed by atoms with Gasteiger partial charge in [0, 0.05) is 23.9 Å². The second-order valence-electron chi connectivity index (χ2n) is 5.95. The van der Waals surface area contributed by atoms with E-state index in [0.29, 0.717) is 13.0 Å². The third-order valence-corrected chi connectivity index (χ3v) is 4.91. The van der Waals surface area contributed by atoms with Crippen LogP contribution in [0.5, 0.6) is 0 Å². The maximum Gasteiger partial charge on any atom is 0.315 e. The summed E-state index contributed by atoms with van der Waals surface area (Å²) in [6.07, 6.45) is 0.681. The predicted molar refractivity (Wildman–Crippen MR) is 97.3 cm³/mol. The molecule has 1 aromatic carbocycles. The van der Waals surface area contributed by atoms with Crippen LogP contribution < -0.4 is 10.6 Å². The Kier molecular flexibility index (Phi) is 6.75. The highest BCUT2D eigenvalue weighted by Crippen LogP contribution is 2.18. The van der Waals surface area contributed by atoms with E-state index in [0.717, 1.165) is 22.7 Å². The van der Waals surface area contributed by atoms with Gasteiger partial charge in [0.25, 0.3) is 0 Å². The number of hydrogen-bond donors (Lipinski definition) is 3. The number of nitrogens with one attached hydrogen (secondary N) is 2. The van der Waals surface area contributed by atoms with Gasteiger partial charge in [-0.2, -0.15) is 0 Å². The van der Waals surface area contributed by atoms with Gasteiger partial charge in [-0.1, -0.05) is 30.3 Å². The highest BCUT2D eigenvalue weighted by Gasteiger charge is 2.14. The van der Waals surface area contributed by atoms with Crippen molar-refractivity contribution in [1.82, 2.24) is 15.6 Å². The summed E-state index contributed by atoms with van der Waals surface area (Å²) in [5.74, 6) is 0. The van der Waals surface area contributed by atoms with E-state index in [4.69, 9.17) is 0 Å². The minimum Gasteiger partial charge on any atom is -0.388 e. The average molecular weight is 347 g/mol. The molecule has 24 heavy (non-hydrogen) atoms. The molecule has 0 saturated heterocycles. The molecule has 0 unspecified atom stereocenters. The lowest BCUT2D eigenvalue weighted by Crippen LogP contribution is -2.42. The number of aromatic nitrogens is 1. The van der Waals surface area contributed by atoms with Crippen molar-refractivity contribution in [2.75, 3.05) is 6.54 Å². The topological polar surface area (TPSA) is 74.2 Å². The van der Waals surface area contributed by atoms with Crippen molar-refractivity contribution in [2.24, 2.45) is 0 Å². The van der Waals surface area contributed by atoms with Gasteiger partial charge in [-0.05, 0) is 32.8 Å². The Morgan fingerprint density at radius 3 is 2.62 bits per heavy atom. The van der Waals surface area contributed by atoms with Gasteiger partial charge < -0.3 is 15.7 Å². The Morgan fingerprint density at radius 2 is 2.00 bits per heavy atom. The molecule has 2 rings (SSSR count). The molecule has 0 saturated carbocycles. The van der Waals surface area contributed by atoms with E-state index in [1.165, 1.54) is 4.88 Å². The summed E-state index contributed by atoms with van der Waals surface area (Å²) in [6, 6.07) is 9.15. The zero-order valence-corrected chi connectivity index (χ0v) is 15.2. The largest absolute Gasteiger partial charge is 0.388 e. The first-order valence-electron chi connectivity index (χ1n) is 8.16. The Labute approximate surface area is 147 Å². The second-order valence-corrected chi connectivity index (χ2v) is 7.24. The van der Waals surface area contributed by atoms with Gasteiger partial charge in [-0.3, -0.25) is 0 Å². The first-order chi connectivity index (χ1) is 11.5. The van der Waals surface area contributed by atoms with Crippen LogP contribution in [0.4, 0.5) is 4.79 Å². The summed E-state index contributed by atoms with van der Waals surface area (Å²) in [5.41, 5.74) is 1.90. The molecule has 0 radical (unpaired) electrons. The minimum atomic E-state index is -0.579. The summed E-state index contributed by atoms with van der Waals surface area (Å²) in [5, 5.41) is 17.0. The molecule has 0 fully saturated rings. The quantitative estimate of drug-likeness (QED) is 0.720. The standard InChI is InChI=1S/C18H25N3O2S/c1-12(11-16(22)15-7-5-4-6-8-15)20-18(23)19-10-9-17-13(2)21-14(3)24-17/h4-8,12,16,22H,9-11H2,1-3H3,(H2,19,20,23)/t12-,16-/m1/s1. The van der Waals surface area contributed by atoms with Crippen molar-refractivity contribution in [2.45, 2.75) is 45.8 Å². The van der Waals surface area contributed by atoms with Gasteiger partial charge in [0.2, 0.25) is 0 Å². The van der Waals surface area contributed by atoms with E-state index in [1.807, 2.05) is 51.1 Å². The number of amides is 2. The molecule has 0 bridgehead atoms. The Balaban J connectivity index is 1.70. The summed E-state index contributed by atoms with van der Waals surface area (Å²) >= 11 is 1.67. The number of thiazole rings is 1. The van der Waals surface area contributed by atoms with Crippen LogP contribution >= 0.6 is 11.3 Å². The molecule has 0 aliphatic heterocycles. The minimum absolute atomic E-state index is 0.118. The number of urea groups is 1. The average Bonchev–Trinajstić information content (AvgIpc) is 2.85. The van der Waals surface area contributed by atoms with Gasteiger partial charge in [0.1, 0.15) is 0 Å². The number of aliphatic hydroxyl groups excluding tert-OH is 1. The number of aryl methyl sites for hydroxylation is 2. The molecule has 130 valence electrons. The Hall–Kier alpha value is -1.92. The van der Waals surface area contributed by atoms with Crippen LogP contribution in [0.2, 0.25) is 0 Å². The molecule has 3 N–H and O–H groups in total. The number of benzene rings is 1. The fourth-order valence-corrected chi connectivity index (χ4v) is 3.51. The zero-order valence-electron chi connectivity index (χ0n) is 14.4. The van der Waals surface area contributed by atoms with Gasteiger partial charge in [0.15, 0.2) is 0 Å². The zero-order chi connectivity index (χ0) is 17.5. The number of carbonyl (C=O) groups is 1. The normalized spacial score (nSPS) is 13.3. The second kappa shape index (κ2) is 8.80. The van der Waals surface area contributed by atoms with Crippen LogP contribution in [-0.2, 0) is 6.42 Å². The smallest absolute Gasteiger partial charge is 0.315 e. The van der Waals surface area contributed by atoms with Crippen LogP contribution in [-0.4, -0.2) is 28.7 Å². The number of aliphatic hydroxyl groups is 1. The van der Waals surface area contributed by atoms with E-state index >= 15 is 0 Å². The number of rotatable bonds is 7. The molecular weight excluding hydrogens is 322 g/mol. The molecular formula is C18H25N3O2S. The SMILES string of the molecule is Cc1nc(C)c(CCNC(=O)N[C@H](C)C[C@@H](O)c2ccccc2)s1. The van der Waals surface area contributed by atoms with Crippen molar-refractivity contribution in [3.63, 3.8) is 0 Å². The lowest BCUT2D eigenvalue weighted by atomic mass is 10.0. The van der Waals surface area contributed by atoms with Crippen molar-refractivity contribution in [1.29, 1.82) is 0 Å². The van der Waals surface area contributed by atoms with E-state index in [2.05, 4.69) is 15.6 Å². The molecule has 6 heteroatoms. The maximum atomic E-state index is 11.9. The molecule has 0 spiro atoms. The van der Waals surface area contributed by atoms with Crippen molar-refractivity contribution >= 4 is 17.4 Å². The monoisotopic (exact) mass is 347 g/mol. The highest BCUT2D eigenvalue weighted by molar-refractivity contribution is 7.11. The fourth-order valence-electron chi connectivity index (χ4n) is 2.57. The Bertz CT molecular complexity index is 658. The molecule has 1 heterocycles. The van der Waals surface area contributed by atoms with E-state index in [-0.39, 0.29) is 12.1 Å². The van der Waals surface area contributed by atoms with Gasteiger partial charge in [-0.25, -0.2) is 9.78 Å². The van der Waals surface area contributed by atoms with Crippen molar-refractivity contribution < 1.29 is 9.90 Å². The maximum absolute atomic E-state index is 11.9. The van der Waals surface area contributed by atoms with Crippen molar-refractivity contribution in [3.8, 4) is 0 Å². The van der Waals surface area contributed by atoms with Gasteiger partial charge >= 0.3 is 6.03 Å². The Morgan fingerprint density at radius 1 is 1.29 bits per heavy atom. The van der Waals surface area contributed by atoms with Crippen LogP contribution in [0.15, 0.2) is 30.3 Å². The molecule has 0 aliphatic rings. The first kappa shape index (κ1) is 18.4. The summed E-state index contributed by atoms with van der Waals surface area (Å²) < 4.78 is 0. The van der Waals surface area contributed by atoms with E-state index in [1.54, 1.807) is 11.3 Å². The molecule has 2 amide bonds.